The van der Waals surface area contributed by atoms with E-state index in [2.05, 4.69) is 5.32 Å². The third-order valence-corrected chi connectivity index (χ3v) is 3.29. The number of carbonyl (C=O) groups is 1. The molecule has 1 N–H and O–H groups in total. The molecule has 1 aromatic rings. The molecule has 0 spiro atoms. The minimum absolute atomic E-state index is 0.165. The molecule has 0 aliphatic rings. The highest BCUT2D eigenvalue weighted by Crippen LogP contribution is 2.26. The molecule has 1 rings (SSSR count). The second kappa shape index (κ2) is 7.36. The number of carbonyl (C=O) groups excluding carboxylic acids is 1. The average Bonchev–Trinajstić information content (AvgIpc) is 2.36. The van der Waals surface area contributed by atoms with Crippen LogP contribution < -0.4 is 10.1 Å². The van der Waals surface area contributed by atoms with Gasteiger partial charge in [0.25, 0.3) is 5.91 Å². The number of benzene rings is 1. The monoisotopic (exact) mass is 285 g/mol. The normalized spacial score (nSPS) is 12.1. The molecule has 0 heterocycles. The Morgan fingerprint density at radius 2 is 1.95 bits per heavy atom. The van der Waals surface area contributed by atoms with Crippen LogP contribution in [-0.4, -0.2) is 32.3 Å². The smallest absolute Gasteiger partial charge is 0.260 e. The zero-order chi connectivity index (χ0) is 14.4. The van der Waals surface area contributed by atoms with Crippen molar-refractivity contribution in [1.82, 2.24) is 5.32 Å². The van der Waals surface area contributed by atoms with E-state index < -0.39 is 6.10 Å². The maximum atomic E-state index is 11.7. The van der Waals surface area contributed by atoms with E-state index >= 15 is 0 Å². The van der Waals surface area contributed by atoms with E-state index in [1.165, 1.54) is 0 Å². The number of amides is 1. The molecule has 106 valence electrons. The van der Waals surface area contributed by atoms with Crippen molar-refractivity contribution in [2.75, 3.05) is 20.3 Å². The van der Waals surface area contributed by atoms with Crippen molar-refractivity contribution >= 4 is 17.5 Å². The van der Waals surface area contributed by atoms with Gasteiger partial charge in [-0.25, -0.2) is 0 Å². The molecule has 1 amide bonds. The Kier molecular flexibility index (Phi) is 6.12. The van der Waals surface area contributed by atoms with E-state index in [1.54, 1.807) is 14.0 Å². The lowest BCUT2D eigenvalue weighted by Crippen LogP contribution is -2.37. The molecule has 19 heavy (non-hydrogen) atoms. The summed E-state index contributed by atoms with van der Waals surface area (Å²) in [5, 5.41) is 3.46. The van der Waals surface area contributed by atoms with E-state index in [0.717, 1.165) is 16.1 Å². The van der Waals surface area contributed by atoms with Gasteiger partial charge in [0.2, 0.25) is 0 Å². The van der Waals surface area contributed by atoms with Crippen molar-refractivity contribution in [3.63, 3.8) is 0 Å². The van der Waals surface area contributed by atoms with E-state index in [1.807, 2.05) is 26.0 Å². The SMILES string of the molecule is COCCNC(=O)[C@H](C)Oc1cc(C)c(Cl)c(C)c1. The molecular weight excluding hydrogens is 266 g/mol. The summed E-state index contributed by atoms with van der Waals surface area (Å²) in [7, 11) is 1.59. The molecule has 1 aromatic carbocycles. The molecule has 1 atom stereocenters. The van der Waals surface area contributed by atoms with Crippen LogP contribution in [-0.2, 0) is 9.53 Å². The maximum Gasteiger partial charge on any atom is 0.260 e. The molecule has 0 saturated heterocycles. The summed E-state index contributed by atoms with van der Waals surface area (Å²) in [6, 6.07) is 3.66. The van der Waals surface area contributed by atoms with Gasteiger partial charge in [-0.15, -0.1) is 0 Å². The van der Waals surface area contributed by atoms with Crippen LogP contribution in [0.1, 0.15) is 18.1 Å². The Labute approximate surface area is 119 Å². The first kappa shape index (κ1) is 15.8. The predicted molar refractivity (Wildman–Crippen MR) is 75.9 cm³/mol. The molecular formula is C14H20ClNO3. The van der Waals surface area contributed by atoms with Gasteiger partial charge in [-0.2, -0.15) is 0 Å². The van der Waals surface area contributed by atoms with Crippen molar-refractivity contribution in [3.8, 4) is 5.75 Å². The third-order valence-electron chi connectivity index (χ3n) is 2.70. The van der Waals surface area contributed by atoms with Crippen LogP contribution in [0.2, 0.25) is 5.02 Å². The van der Waals surface area contributed by atoms with E-state index in [-0.39, 0.29) is 5.91 Å². The molecule has 0 aliphatic heterocycles. The van der Waals surface area contributed by atoms with Gasteiger partial charge in [0, 0.05) is 18.7 Å². The van der Waals surface area contributed by atoms with Gasteiger partial charge in [0.15, 0.2) is 6.10 Å². The summed E-state index contributed by atoms with van der Waals surface area (Å²) in [5.41, 5.74) is 1.87. The standard InChI is InChI=1S/C14H20ClNO3/c1-9-7-12(8-10(2)13(9)15)19-11(3)14(17)16-5-6-18-4/h7-8,11H,5-6H2,1-4H3,(H,16,17)/t11-/m0/s1. The highest BCUT2D eigenvalue weighted by atomic mass is 35.5. The fraction of sp³-hybridized carbons (Fsp3) is 0.500. The van der Waals surface area contributed by atoms with Crippen molar-refractivity contribution < 1.29 is 14.3 Å². The Bertz CT molecular complexity index is 425. The van der Waals surface area contributed by atoms with Gasteiger partial charge < -0.3 is 14.8 Å². The van der Waals surface area contributed by atoms with Crippen LogP contribution >= 0.6 is 11.6 Å². The van der Waals surface area contributed by atoms with Gasteiger partial charge >= 0.3 is 0 Å². The zero-order valence-electron chi connectivity index (χ0n) is 11.7. The van der Waals surface area contributed by atoms with Crippen LogP contribution in [0.5, 0.6) is 5.75 Å². The van der Waals surface area contributed by atoms with E-state index in [0.29, 0.717) is 18.9 Å². The summed E-state index contributed by atoms with van der Waals surface area (Å²) in [4.78, 5) is 11.7. The minimum Gasteiger partial charge on any atom is -0.481 e. The predicted octanol–water partition coefficient (Wildman–Crippen LogP) is 2.49. The summed E-state index contributed by atoms with van der Waals surface area (Å²) >= 11 is 6.08. The third kappa shape index (κ3) is 4.73. The lowest BCUT2D eigenvalue weighted by molar-refractivity contribution is -0.127. The second-order valence-electron chi connectivity index (χ2n) is 4.41. The molecule has 0 radical (unpaired) electrons. The number of rotatable bonds is 6. The number of ether oxygens (including phenoxy) is 2. The largest absolute Gasteiger partial charge is 0.481 e. The average molecular weight is 286 g/mol. The Balaban J connectivity index is 2.61. The van der Waals surface area contributed by atoms with E-state index in [9.17, 15) is 4.79 Å². The Morgan fingerprint density at radius 3 is 2.47 bits per heavy atom. The quantitative estimate of drug-likeness (QED) is 0.817. The topological polar surface area (TPSA) is 47.6 Å². The van der Waals surface area contributed by atoms with Crippen LogP contribution in [0.25, 0.3) is 0 Å². The highest BCUT2D eigenvalue weighted by Gasteiger charge is 2.14. The van der Waals surface area contributed by atoms with Crippen molar-refractivity contribution in [1.29, 1.82) is 0 Å². The first-order chi connectivity index (χ1) is 8.95. The zero-order valence-corrected chi connectivity index (χ0v) is 12.5. The molecule has 0 bridgehead atoms. The Hall–Kier alpha value is -1.26. The molecule has 0 saturated carbocycles. The molecule has 0 aliphatic carbocycles. The van der Waals surface area contributed by atoms with Crippen molar-refractivity contribution in [3.05, 3.63) is 28.3 Å². The van der Waals surface area contributed by atoms with E-state index in [4.69, 9.17) is 21.1 Å². The van der Waals surface area contributed by atoms with Crippen LogP contribution in [0.15, 0.2) is 12.1 Å². The maximum absolute atomic E-state index is 11.7. The van der Waals surface area contributed by atoms with Crippen molar-refractivity contribution in [2.45, 2.75) is 26.9 Å². The summed E-state index contributed by atoms with van der Waals surface area (Å²) < 4.78 is 10.5. The fourth-order valence-corrected chi connectivity index (χ4v) is 1.76. The number of aryl methyl sites for hydroxylation is 2. The number of hydrogen-bond acceptors (Lipinski definition) is 3. The first-order valence-electron chi connectivity index (χ1n) is 6.15. The number of hydrogen-bond donors (Lipinski definition) is 1. The number of methoxy groups -OCH3 is 1. The second-order valence-corrected chi connectivity index (χ2v) is 4.79. The van der Waals surface area contributed by atoms with Crippen LogP contribution in [0.4, 0.5) is 0 Å². The lowest BCUT2D eigenvalue weighted by atomic mass is 10.1. The van der Waals surface area contributed by atoms with Gasteiger partial charge in [0.1, 0.15) is 5.75 Å². The van der Waals surface area contributed by atoms with Gasteiger partial charge in [0.05, 0.1) is 6.61 Å². The molecule has 0 fully saturated rings. The fourth-order valence-electron chi connectivity index (χ4n) is 1.65. The molecule has 0 aromatic heterocycles. The van der Waals surface area contributed by atoms with Gasteiger partial charge in [-0.1, -0.05) is 11.6 Å². The first-order valence-corrected chi connectivity index (χ1v) is 6.53. The number of halogens is 1. The lowest BCUT2D eigenvalue weighted by Gasteiger charge is -2.16. The molecule has 0 unspecified atom stereocenters. The van der Waals surface area contributed by atoms with Gasteiger partial charge in [-0.3, -0.25) is 4.79 Å². The minimum atomic E-state index is -0.558. The Morgan fingerprint density at radius 1 is 1.37 bits per heavy atom. The molecule has 5 heteroatoms. The number of nitrogens with one attached hydrogen (secondary N) is 1. The van der Waals surface area contributed by atoms with Gasteiger partial charge in [-0.05, 0) is 44.0 Å². The van der Waals surface area contributed by atoms with Crippen LogP contribution in [0.3, 0.4) is 0 Å². The summed E-state index contributed by atoms with van der Waals surface area (Å²) in [5.74, 6) is 0.482. The summed E-state index contributed by atoms with van der Waals surface area (Å²) in [6.07, 6.45) is -0.558. The summed E-state index contributed by atoms with van der Waals surface area (Å²) in [6.45, 7) is 6.48. The highest BCUT2D eigenvalue weighted by molar-refractivity contribution is 6.32. The molecule has 4 nitrogen and oxygen atoms in total. The van der Waals surface area contributed by atoms with Crippen molar-refractivity contribution in [2.24, 2.45) is 0 Å². The van der Waals surface area contributed by atoms with Crippen LogP contribution in [0, 0.1) is 13.8 Å².